The van der Waals surface area contributed by atoms with Crippen LogP contribution in [-0.2, 0) is 0 Å². The highest BCUT2D eigenvalue weighted by molar-refractivity contribution is 5.45. The Morgan fingerprint density at radius 3 is 2.67 bits per heavy atom. The monoisotopic (exact) mass is 288 g/mol. The standard InChI is InChI=1S/C13H13FN6O/c1-16-11-17-12(20(2)3)19-13(18-11)21-10-6-4-5-9(14)8(10)7-15/h4-6H,1-3H3,(H,16,17,18,19). The molecular weight excluding hydrogens is 275 g/mol. The van der Waals surface area contributed by atoms with Gasteiger partial charge in [-0.1, -0.05) is 6.07 Å². The number of hydrogen-bond acceptors (Lipinski definition) is 7. The van der Waals surface area contributed by atoms with Crippen molar-refractivity contribution in [1.29, 1.82) is 5.26 Å². The van der Waals surface area contributed by atoms with Crippen LogP contribution in [0.2, 0.25) is 0 Å². The number of ether oxygens (including phenoxy) is 1. The summed E-state index contributed by atoms with van der Waals surface area (Å²) in [5.74, 6) is 0.0686. The van der Waals surface area contributed by atoms with Crippen LogP contribution in [0.3, 0.4) is 0 Å². The van der Waals surface area contributed by atoms with Crippen LogP contribution in [0.15, 0.2) is 18.2 Å². The van der Waals surface area contributed by atoms with Crippen LogP contribution < -0.4 is 15.0 Å². The Balaban J connectivity index is 2.42. The number of anilines is 2. The van der Waals surface area contributed by atoms with Gasteiger partial charge in [-0.25, -0.2) is 4.39 Å². The van der Waals surface area contributed by atoms with Crippen molar-refractivity contribution in [2.75, 3.05) is 31.4 Å². The van der Waals surface area contributed by atoms with E-state index in [4.69, 9.17) is 10.00 Å². The number of aromatic nitrogens is 3. The second-order valence-electron chi connectivity index (χ2n) is 4.21. The fourth-order valence-corrected chi connectivity index (χ4v) is 1.50. The van der Waals surface area contributed by atoms with Crippen LogP contribution in [0.1, 0.15) is 5.56 Å². The minimum Gasteiger partial charge on any atom is -0.423 e. The van der Waals surface area contributed by atoms with Crippen molar-refractivity contribution < 1.29 is 9.13 Å². The van der Waals surface area contributed by atoms with Crippen LogP contribution in [0.25, 0.3) is 0 Å². The van der Waals surface area contributed by atoms with Crippen molar-refractivity contribution in [1.82, 2.24) is 15.0 Å². The van der Waals surface area contributed by atoms with E-state index < -0.39 is 5.82 Å². The third kappa shape index (κ3) is 3.14. The van der Waals surface area contributed by atoms with Crippen molar-refractivity contribution in [3.8, 4) is 17.8 Å². The van der Waals surface area contributed by atoms with Crippen LogP contribution in [0.4, 0.5) is 16.3 Å². The normalized spacial score (nSPS) is 9.86. The lowest BCUT2D eigenvalue weighted by Gasteiger charge is -2.13. The predicted octanol–water partition coefficient (Wildman–Crippen LogP) is 1.78. The Labute approximate surface area is 121 Å². The third-order valence-electron chi connectivity index (χ3n) is 2.52. The summed E-state index contributed by atoms with van der Waals surface area (Å²) in [7, 11) is 5.18. The Morgan fingerprint density at radius 2 is 2.05 bits per heavy atom. The maximum absolute atomic E-state index is 13.5. The Morgan fingerprint density at radius 1 is 1.29 bits per heavy atom. The van der Waals surface area contributed by atoms with Crippen LogP contribution in [0, 0.1) is 17.1 Å². The fourth-order valence-electron chi connectivity index (χ4n) is 1.50. The Bertz CT molecular complexity index is 698. The number of nitriles is 1. The van der Waals surface area contributed by atoms with Crippen LogP contribution >= 0.6 is 0 Å². The highest BCUT2D eigenvalue weighted by Gasteiger charge is 2.13. The second kappa shape index (κ2) is 6.00. The summed E-state index contributed by atoms with van der Waals surface area (Å²) in [4.78, 5) is 13.9. The van der Waals surface area contributed by atoms with E-state index in [9.17, 15) is 4.39 Å². The maximum Gasteiger partial charge on any atom is 0.328 e. The number of nitrogens with zero attached hydrogens (tertiary/aromatic N) is 5. The van der Waals surface area contributed by atoms with E-state index in [2.05, 4.69) is 20.3 Å². The SMILES string of the molecule is CNc1nc(Oc2cccc(F)c2C#N)nc(N(C)C)n1. The molecule has 0 saturated heterocycles. The topological polar surface area (TPSA) is 87.0 Å². The largest absolute Gasteiger partial charge is 0.423 e. The van der Waals surface area contributed by atoms with E-state index in [1.54, 1.807) is 32.1 Å². The molecule has 0 spiro atoms. The minimum atomic E-state index is -0.661. The molecule has 8 heteroatoms. The molecule has 0 bridgehead atoms. The molecule has 2 rings (SSSR count). The number of benzene rings is 1. The molecule has 0 aliphatic rings. The van der Waals surface area contributed by atoms with Crippen molar-refractivity contribution >= 4 is 11.9 Å². The molecule has 7 nitrogen and oxygen atoms in total. The molecule has 0 aliphatic heterocycles. The number of nitrogens with one attached hydrogen (secondary N) is 1. The fraction of sp³-hybridized carbons (Fsp3) is 0.231. The molecule has 0 fully saturated rings. The summed E-state index contributed by atoms with van der Waals surface area (Å²) in [6.07, 6.45) is 0. The van der Waals surface area contributed by atoms with E-state index in [1.165, 1.54) is 18.2 Å². The molecular formula is C13H13FN6O. The van der Waals surface area contributed by atoms with Gasteiger partial charge in [-0.05, 0) is 12.1 Å². The molecule has 1 heterocycles. The molecule has 1 aromatic heterocycles. The number of rotatable bonds is 4. The molecule has 2 aromatic rings. The van der Waals surface area contributed by atoms with E-state index in [0.29, 0.717) is 11.9 Å². The van der Waals surface area contributed by atoms with Gasteiger partial charge in [-0.2, -0.15) is 20.2 Å². The highest BCUT2D eigenvalue weighted by Crippen LogP contribution is 2.25. The van der Waals surface area contributed by atoms with Gasteiger partial charge in [0.05, 0.1) is 0 Å². The molecule has 108 valence electrons. The van der Waals surface area contributed by atoms with Gasteiger partial charge in [0.2, 0.25) is 11.9 Å². The smallest absolute Gasteiger partial charge is 0.328 e. The molecule has 0 amide bonds. The van der Waals surface area contributed by atoms with Gasteiger partial charge in [-0.3, -0.25) is 0 Å². The lowest BCUT2D eigenvalue weighted by Crippen LogP contribution is -2.15. The summed E-state index contributed by atoms with van der Waals surface area (Å²) in [5, 5.41) is 11.8. The van der Waals surface area contributed by atoms with Crippen molar-refractivity contribution in [2.45, 2.75) is 0 Å². The zero-order valence-electron chi connectivity index (χ0n) is 11.8. The summed E-state index contributed by atoms with van der Waals surface area (Å²) in [6, 6.07) is 5.82. The average Bonchev–Trinajstić information content (AvgIpc) is 2.47. The minimum absolute atomic E-state index is 0.0276. The first-order valence-corrected chi connectivity index (χ1v) is 6.02. The highest BCUT2D eigenvalue weighted by atomic mass is 19.1. The molecule has 0 saturated carbocycles. The summed E-state index contributed by atoms with van der Waals surface area (Å²) in [5.41, 5.74) is -0.199. The predicted molar refractivity (Wildman–Crippen MR) is 74.9 cm³/mol. The Kier molecular flexibility index (Phi) is 4.13. The van der Waals surface area contributed by atoms with Crippen molar-refractivity contribution in [3.05, 3.63) is 29.6 Å². The van der Waals surface area contributed by atoms with Gasteiger partial charge in [0.15, 0.2) is 5.75 Å². The Hall–Kier alpha value is -2.95. The van der Waals surface area contributed by atoms with Crippen molar-refractivity contribution in [2.24, 2.45) is 0 Å². The van der Waals surface area contributed by atoms with Crippen LogP contribution in [-0.4, -0.2) is 36.1 Å². The van der Waals surface area contributed by atoms with Gasteiger partial charge >= 0.3 is 6.01 Å². The first-order chi connectivity index (χ1) is 10.0. The second-order valence-corrected chi connectivity index (χ2v) is 4.21. The quantitative estimate of drug-likeness (QED) is 0.917. The van der Waals surface area contributed by atoms with Crippen LogP contribution in [0.5, 0.6) is 11.8 Å². The first-order valence-electron chi connectivity index (χ1n) is 6.02. The van der Waals surface area contributed by atoms with Gasteiger partial charge in [-0.15, -0.1) is 0 Å². The maximum atomic E-state index is 13.5. The zero-order valence-corrected chi connectivity index (χ0v) is 11.8. The van der Waals surface area contributed by atoms with Gasteiger partial charge in [0, 0.05) is 21.1 Å². The molecule has 21 heavy (non-hydrogen) atoms. The van der Waals surface area contributed by atoms with Gasteiger partial charge < -0.3 is 15.0 Å². The van der Waals surface area contributed by atoms with E-state index in [-0.39, 0.29) is 17.3 Å². The molecule has 0 atom stereocenters. The van der Waals surface area contributed by atoms with Crippen molar-refractivity contribution in [3.63, 3.8) is 0 Å². The first kappa shape index (κ1) is 14.5. The van der Waals surface area contributed by atoms with E-state index in [1.807, 2.05) is 0 Å². The molecule has 0 radical (unpaired) electrons. The summed E-state index contributed by atoms with van der Waals surface area (Å²) >= 11 is 0. The summed E-state index contributed by atoms with van der Waals surface area (Å²) < 4.78 is 19.0. The molecule has 0 aliphatic carbocycles. The number of hydrogen-bond donors (Lipinski definition) is 1. The van der Waals surface area contributed by atoms with Gasteiger partial charge in [0.1, 0.15) is 17.4 Å². The molecule has 0 unspecified atom stereocenters. The van der Waals surface area contributed by atoms with E-state index in [0.717, 1.165) is 0 Å². The zero-order chi connectivity index (χ0) is 15.4. The lowest BCUT2D eigenvalue weighted by atomic mass is 10.2. The molecule has 1 N–H and O–H groups in total. The van der Waals surface area contributed by atoms with Gasteiger partial charge in [0.25, 0.3) is 0 Å². The number of halogens is 1. The molecule has 1 aromatic carbocycles. The lowest BCUT2D eigenvalue weighted by molar-refractivity contribution is 0.435. The average molecular weight is 288 g/mol. The third-order valence-corrected chi connectivity index (χ3v) is 2.52. The summed E-state index contributed by atoms with van der Waals surface area (Å²) in [6.45, 7) is 0. The van der Waals surface area contributed by atoms with E-state index >= 15 is 0 Å².